The molecule has 0 atom stereocenters. The molecule has 0 amide bonds. The number of rotatable bonds is 9. The maximum Gasteiger partial charge on any atom is 0.573 e. The van der Waals surface area contributed by atoms with Gasteiger partial charge in [-0.3, -0.25) is 9.98 Å². The lowest BCUT2D eigenvalue weighted by atomic mass is 10.1. The summed E-state index contributed by atoms with van der Waals surface area (Å²) in [7, 11) is 0. The highest BCUT2D eigenvalue weighted by Crippen LogP contribution is 2.29. The van der Waals surface area contributed by atoms with Crippen molar-refractivity contribution in [3.8, 4) is 11.4 Å². The highest BCUT2D eigenvalue weighted by Gasteiger charge is 2.32. The van der Waals surface area contributed by atoms with E-state index < -0.39 is 17.8 Å². The summed E-state index contributed by atoms with van der Waals surface area (Å²) in [6.07, 6.45) is -2.01. The summed E-state index contributed by atoms with van der Waals surface area (Å²) in [4.78, 5) is 19.5. The van der Waals surface area contributed by atoms with Crippen molar-refractivity contribution in [1.29, 1.82) is 5.41 Å². The van der Waals surface area contributed by atoms with Crippen LogP contribution >= 0.6 is 0 Å². The summed E-state index contributed by atoms with van der Waals surface area (Å²) in [6.45, 7) is 3.02. The van der Waals surface area contributed by atoms with Crippen LogP contribution in [0.15, 0.2) is 35.3 Å². The number of hydrogen-bond donors (Lipinski definition) is 5. The lowest BCUT2D eigenvalue weighted by molar-refractivity contribution is -0.274. The minimum atomic E-state index is -4.89. The summed E-state index contributed by atoms with van der Waals surface area (Å²) in [5.74, 6) is -0.547. The minimum Gasteiger partial charge on any atom is -0.405 e. The molecule has 2 heterocycles. The molecule has 0 bridgehead atoms. The van der Waals surface area contributed by atoms with Crippen LogP contribution in [0.5, 0.6) is 5.75 Å². The van der Waals surface area contributed by atoms with Crippen LogP contribution < -0.4 is 26.8 Å². The number of benzene rings is 1. The molecule has 0 saturated carbocycles. The SMILES string of the molecule is CCc1cc2cn(-c3ccc(CNCCCNC(=N)N)c(OC(F)(F)F)c3)c(=O)nc2[nH]1. The Morgan fingerprint density at radius 1 is 1.31 bits per heavy atom. The highest BCUT2D eigenvalue weighted by atomic mass is 19.4. The van der Waals surface area contributed by atoms with E-state index >= 15 is 0 Å². The first-order valence-electron chi connectivity index (χ1n) is 9.95. The van der Waals surface area contributed by atoms with Gasteiger partial charge in [-0.2, -0.15) is 4.98 Å². The molecule has 6 N–H and O–H groups in total. The van der Waals surface area contributed by atoms with Crippen molar-refractivity contribution in [2.24, 2.45) is 5.73 Å². The third kappa shape index (κ3) is 6.00. The molecule has 0 unspecified atom stereocenters. The van der Waals surface area contributed by atoms with E-state index in [2.05, 4.69) is 25.3 Å². The predicted octanol–water partition coefficient (Wildman–Crippen LogP) is 2.14. The summed E-state index contributed by atoms with van der Waals surface area (Å²) in [5.41, 5.74) is 6.37. The molecule has 0 aliphatic carbocycles. The summed E-state index contributed by atoms with van der Waals surface area (Å²) < 4.78 is 44.3. The van der Waals surface area contributed by atoms with Gasteiger partial charge in [-0.25, -0.2) is 4.79 Å². The number of aromatic amines is 1. The van der Waals surface area contributed by atoms with Crippen molar-refractivity contribution in [2.45, 2.75) is 32.7 Å². The van der Waals surface area contributed by atoms with Gasteiger partial charge in [0.1, 0.15) is 11.4 Å². The lowest BCUT2D eigenvalue weighted by Crippen LogP contribution is -2.32. The first-order chi connectivity index (χ1) is 15.2. The number of fused-ring (bicyclic) bond motifs is 1. The number of aryl methyl sites for hydroxylation is 1. The molecule has 1 aromatic carbocycles. The molecule has 3 rings (SSSR count). The number of aromatic nitrogens is 3. The number of nitrogens with two attached hydrogens (primary N) is 1. The van der Waals surface area contributed by atoms with Gasteiger partial charge in [0.05, 0.1) is 5.69 Å². The Hall–Kier alpha value is -3.54. The molecule has 0 aliphatic rings. The molecule has 0 fully saturated rings. The van der Waals surface area contributed by atoms with E-state index in [0.29, 0.717) is 30.5 Å². The van der Waals surface area contributed by atoms with Crippen molar-refractivity contribution < 1.29 is 17.9 Å². The molecular formula is C20H24F3N7O2. The van der Waals surface area contributed by atoms with Gasteiger partial charge in [-0.15, -0.1) is 13.2 Å². The molecule has 9 nitrogen and oxygen atoms in total. The Balaban J connectivity index is 1.84. The van der Waals surface area contributed by atoms with Crippen molar-refractivity contribution in [1.82, 2.24) is 25.2 Å². The van der Waals surface area contributed by atoms with Gasteiger partial charge in [0.15, 0.2) is 5.96 Å². The molecular weight excluding hydrogens is 427 g/mol. The van der Waals surface area contributed by atoms with Crippen LogP contribution in [0.4, 0.5) is 13.2 Å². The third-order valence-corrected chi connectivity index (χ3v) is 4.66. The van der Waals surface area contributed by atoms with E-state index in [-0.39, 0.29) is 23.8 Å². The Kier molecular flexibility index (Phi) is 7.03. The standard InChI is InChI=1S/C20H24F3N7O2/c1-2-14-8-13-11-30(19(31)29-17(13)28-14)15-5-4-12(16(9-15)32-20(21,22)23)10-26-6-3-7-27-18(24)25/h4-5,8-9,11,26H,2-3,6-7,10H2,1H3,(H4,24,25,27)(H,28,29,31). The third-order valence-electron chi connectivity index (χ3n) is 4.66. The molecule has 0 saturated heterocycles. The van der Waals surface area contributed by atoms with E-state index in [0.717, 1.165) is 12.1 Å². The van der Waals surface area contributed by atoms with Gasteiger partial charge in [-0.05, 0) is 31.5 Å². The van der Waals surface area contributed by atoms with Crippen LogP contribution in [-0.2, 0) is 13.0 Å². The Morgan fingerprint density at radius 2 is 2.09 bits per heavy atom. The van der Waals surface area contributed by atoms with Crippen LogP contribution in [-0.4, -0.2) is 39.9 Å². The van der Waals surface area contributed by atoms with Crippen molar-refractivity contribution >= 4 is 17.0 Å². The zero-order valence-electron chi connectivity index (χ0n) is 17.3. The van der Waals surface area contributed by atoms with Crippen LogP contribution in [0, 0.1) is 5.41 Å². The summed E-state index contributed by atoms with van der Waals surface area (Å²) in [6, 6.07) is 6.02. The molecule has 2 aromatic heterocycles. The average molecular weight is 451 g/mol. The van der Waals surface area contributed by atoms with E-state index in [9.17, 15) is 18.0 Å². The molecule has 32 heavy (non-hydrogen) atoms. The number of nitrogens with zero attached hydrogens (tertiary/aromatic N) is 2. The van der Waals surface area contributed by atoms with Gasteiger partial charge in [0, 0.05) is 42.0 Å². The van der Waals surface area contributed by atoms with Crippen LogP contribution in [0.3, 0.4) is 0 Å². The van der Waals surface area contributed by atoms with Crippen molar-refractivity contribution in [2.75, 3.05) is 13.1 Å². The maximum absolute atomic E-state index is 13.0. The van der Waals surface area contributed by atoms with E-state index in [4.69, 9.17) is 11.1 Å². The van der Waals surface area contributed by atoms with Gasteiger partial charge >= 0.3 is 12.1 Å². The second-order valence-electron chi connectivity index (χ2n) is 7.06. The number of ether oxygens (including phenoxy) is 1. The zero-order valence-corrected chi connectivity index (χ0v) is 17.3. The van der Waals surface area contributed by atoms with Gasteiger partial charge in [-0.1, -0.05) is 13.0 Å². The largest absolute Gasteiger partial charge is 0.573 e. The smallest absolute Gasteiger partial charge is 0.405 e. The van der Waals surface area contributed by atoms with E-state index in [1.54, 1.807) is 6.07 Å². The molecule has 0 aliphatic heterocycles. The van der Waals surface area contributed by atoms with Gasteiger partial charge in [0.25, 0.3) is 0 Å². The Labute approximate surface area is 181 Å². The number of halogens is 3. The van der Waals surface area contributed by atoms with Crippen molar-refractivity contribution in [3.05, 3.63) is 52.2 Å². The summed E-state index contributed by atoms with van der Waals surface area (Å²) >= 11 is 0. The first-order valence-corrected chi connectivity index (χ1v) is 9.95. The van der Waals surface area contributed by atoms with E-state index in [1.165, 1.54) is 22.9 Å². The fourth-order valence-electron chi connectivity index (χ4n) is 3.14. The number of alkyl halides is 3. The monoisotopic (exact) mass is 451 g/mol. The molecule has 3 aromatic rings. The average Bonchev–Trinajstić information content (AvgIpc) is 3.11. The second-order valence-corrected chi connectivity index (χ2v) is 7.06. The Bertz CT molecular complexity index is 1150. The van der Waals surface area contributed by atoms with Crippen molar-refractivity contribution in [3.63, 3.8) is 0 Å². The quantitative estimate of drug-likeness (QED) is 0.192. The zero-order chi connectivity index (χ0) is 23.3. The number of guanidine groups is 1. The number of H-pyrrole nitrogens is 1. The lowest BCUT2D eigenvalue weighted by Gasteiger charge is -2.16. The number of nitrogens with one attached hydrogen (secondary N) is 4. The minimum absolute atomic E-state index is 0.121. The first kappa shape index (κ1) is 23.1. The second kappa shape index (κ2) is 9.73. The molecule has 0 radical (unpaired) electrons. The van der Waals surface area contributed by atoms with Gasteiger partial charge < -0.3 is 26.1 Å². The predicted molar refractivity (Wildman–Crippen MR) is 114 cm³/mol. The van der Waals surface area contributed by atoms with Crippen LogP contribution in [0.25, 0.3) is 16.7 Å². The fraction of sp³-hybridized carbons (Fsp3) is 0.350. The molecule has 172 valence electrons. The highest BCUT2D eigenvalue weighted by molar-refractivity contribution is 5.75. The normalized spacial score (nSPS) is 11.6. The summed E-state index contributed by atoms with van der Waals surface area (Å²) in [5, 5.41) is 13.4. The fourth-order valence-corrected chi connectivity index (χ4v) is 3.14. The Morgan fingerprint density at radius 3 is 2.78 bits per heavy atom. The topological polar surface area (TPSA) is 134 Å². The van der Waals surface area contributed by atoms with Crippen LogP contribution in [0.1, 0.15) is 24.6 Å². The maximum atomic E-state index is 13.0. The molecule has 0 spiro atoms. The van der Waals surface area contributed by atoms with E-state index in [1.807, 2.05) is 13.0 Å². The van der Waals surface area contributed by atoms with Gasteiger partial charge in [0.2, 0.25) is 0 Å². The number of hydrogen-bond acceptors (Lipinski definition) is 5. The molecule has 12 heteroatoms. The van der Waals surface area contributed by atoms with Crippen LogP contribution in [0.2, 0.25) is 0 Å².